The van der Waals surface area contributed by atoms with Crippen LogP contribution >= 0.6 is 0 Å². The number of methoxy groups -OCH3 is 1. The van der Waals surface area contributed by atoms with Gasteiger partial charge < -0.3 is 15.2 Å². The van der Waals surface area contributed by atoms with Crippen LogP contribution in [0.5, 0.6) is 11.5 Å². The fraction of sp³-hybridized carbons (Fsp3) is 0.250. The number of benzene rings is 2. The molecular formula is C16H18FNO2. The zero-order valence-electron chi connectivity index (χ0n) is 11.6. The molecule has 0 heterocycles. The Kier molecular flexibility index (Phi) is 4.58. The molecule has 2 N–H and O–H groups in total. The molecule has 0 fully saturated rings. The minimum Gasteiger partial charge on any atom is -0.497 e. The second-order valence-corrected chi connectivity index (χ2v) is 4.58. The first-order chi connectivity index (χ1) is 9.61. The van der Waals surface area contributed by atoms with E-state index in [4.69, 9.17) is 15.2 Å². The van der Waals surface area contributed by atoms with Crippen LogP contribution in [0, 0.1) is 12.7 Å². The third-order valence-corrected chi connectivity index (χ3v) is 3.10. The predicted molar refractivity (Wildman–Crippen MR) is 76.6 cm³/mol. The van der Waals surface area contributed by atoms with Crippen molar-refractivity contribution in [1.82, 2.24) is 0 Å². The molecule has 1 unspecified atom stereocenters. The SMILES string of the molecule is COc1cccc(C(N)COc2cccc(C)c2F)c1. The Morgan fingerprint density at radius 3 is 2.70 bits per heavy atom. The summed E-state index contributed by atoms with van der Waals surface area (Å²) >= 11 is 0. The second-order valence-electron chi connectivity index (χ2n) is 4.58. The maximum absolute atomic E-state index is 13.8. The lowest BCUT2D eigenvalue weighted by molar-refractivity contribution is 0.276. The summed E-state index contributed by atoms with van der Waals surface area (Å²) in [7, 11) is 1.60. The molecule has 0 amide bonds. The van der Waals surface area contributed by atoms with Gasteiger partial charge >= 0.3 is 0 Å². The number of ether oxygens (including phenoxy) is 2. The Balaban J connectivity index is 2.04. The van der Waals surface area contributed by atoms with Gasteiger partial charge in [0.25, 0.3) is 0 Å². The quantitative estimate of drug-likeness (QED) is 0.911. The van der Waals surface area contributed by atoms with Crippen LogP contribution in [0.25, 0.3) is 0 Å². The van der Waals surface area contributed by atoms with Gasteiger partial charge in [-0.25, -0.2) is 4.39 Å². The normalized spacial score (nSPS) is 12.0. The summed E-state index contributed by atoms with van der Waals surface area (Å²) < 4.78 is 24.4. The molecule has 106 valence electrons. The van der Waals surface area contributed by atoms with E-state index >= 15 is 0 Å². The Bertz CT molecular complexity index is 586. The highest BCUT2D eigenvalue weighted by Crippen LogP contribution is 2.22. The van der Waals surface area contributed by atoms with Crippen molar-refractivity contribution in [3.63, 3.8) is 0 Å². The van der Waals surface area contributed by atoms with Gasteiger partial charge in [-0.1, -0.05) is 24.3 Å². The molecule has 2 aromatic rings. The molecule has 1 atom stereocenters. The maximum atomic E-state index is 13.8. The molecule has 0 radical (unpaired) electrons. The van der Waals surface area contributed by atoms with Gasteiger partial charge in [0.1, 0.15) is 12.4 Å². The minimum atomic E-state index is -0.343. The molecule has 20 heavy (non-hydrogen) atoms. The van der Waals surface area contributed by atoms with Crippen molar-refractivity contribution in [3.8, 4) is 11.5 Å². The van der Waals surface area contributed by atoms with Crippen LogP contribution in [0.15, 0.2) is 42.5 Å². The molecule has 0 aliphatic heterocycles. The van der Waals surface area contributed by atoms with Crippen LogP contribution in [0.4, 0.5) is 4.39 Å². The zero-order valence-corrected chi connectivity index (χ0v) is 11.6. The summed E-state index contributed by atoms with van der Waals surface area (Å²) in [5.74, 6) is 0.619. The van der Waals surface area contributed by atoms with Gasteiger partial charge in [0.2, 0.25) is 0 Å². The van der Waals surface area contributed by atoms with Gasteiger partial charge in [0.05, 0.1) is 13.2 Å². The maximum Gasteiger partial charge on any atom is 0.167 e. The lowest BCUT2D eigenvalue weighted by Crippen LogP contribution is -2.19. The van der Waals surface area contributed by atoms with Crippen molar-refractivity contribution in [1.29, 1.82) is 0 Å². The number of nitrogens with two attached hydrogens (primary N) is 1. The summed E-state index contributed by atoms with van der Waals surface area (Å²) in [4.78, 5) is 0. The van der Waals surface area contributed by atoms with Crippen LogP contribution < -0.4 is 15.2 Å². The smallest absolute Gasteiger partial charge is 0.167 e. The Morgan fingerprint density at radius 2 is 1.95 bits per heavy atom. The standard InChI is InChI=1S/C16H18FNO2/c1-11-5-3-8-15(16(11)17)20-10-14(18)12-6-4-7-13(9-12)19-2/h3-9,14H,10,18H2,1-2H3. The van der Waals surface area contributed by atoms with E-state index in [-0.39, 0.29) is 24.2 Å². The fourth-order valence-electron chi connectivity index (χ4n) is 1.88. The van der Waals surface area contributed by atoms with E-state index in [0.29, 0.717) is 5.56 Å². The van der Waals surface area contributed by atoms with Gasteiger partial charge in [-0.2, -0.15) is 0 Å². The molecule has 0 aromatic heterocycles. The highest BCUT2D eigenvalue weighted by atomic mass is 19.1. The number of hydrogen-bond acceptors (Lipinski definition) is 3. The van der Waals surface area contributed by atoms with Crippen molar-refractivity contribution < 1.29 is 13.9 Å². The van der Waals surface area contributed by atoms with Crippen molar-refractivity contribution in [2.75, 3.05) is 13.7 Å². The molecule has 0 spiro atoms. The number of aryl methyl sites for hydroxylation is 1. The van der Waals surface area contributed by atoms with E-state index in [1.54, 1.807) is 32.2 Å². The lowest BCUT2D eigenvalue weighted by atomic mass is 10.1. The van der Waals surface area contributed by atoms with E-state index < -0.39 is 0 Å². The molecular weight excluding hydrogens is 257 g/mol. The van der Waals surface area contributed by atoms with Crippen LogP contribution in [-0.2, 0) is 0 Å². The van der Waals surface area contributed by atoms with Crippen molar-refractivity contribution in [2.45, 2.75) is 13.0 Å². The Morgan fingerprint density at radius 1 is 1.20 bits per heavy atom. The summed E-state index contributed by atoms with van der Waals surface area (Å²) in [5.41, 5.74) is 7.49. The predicted octanol–water partition coefficient (Wildman–Crippen LogP) is 3.22. The van der Waals surface area contributed by atoms with E-state index in [2.05, 4.69) is 0 Å². The van der Waals surface area contributed by atoms with Gasteiger partial charge in [-0.3, -0.25) is 0 Å². The van der Waals surface area contributed by atoms with Gasteiger partial charge in [0.15, 0.2) is 11.6 Å². The van der Waals surface area contributed by atoms with Crippen LogP contribution in [0.1, 0.15) is 17.2 Å². The van der Waals surface area contributed by atoms with Gasteiger partial charge in [-0.15, -0.1) is 0 Å². The minimum absolute atomic E-state index is 0.202. The molecule has 2 aromatic carbocycles. The average molecular weight is 275 g/mol. The number of halogens is 1. The number of hydrogen-bond donors (Lipinski definition) is 1. The molecule has 3 nitrogen and oxygen atoms in total. The summed E-state index contributed by atoms with van der Waals surface area (Å²) in [6.45, 7) is 1.90. The van der Waals surface area contributed by atoms with E-state index in [0.717, 1.165) is 11.3 Å². The first-order valence-electron chi connectivity index (χ1n) is 6.39. The largest absolute Gasteiger partial charge is 0.497 e. The highest BCUT2D eigenvalue weighted by molar-refractivity contribution is 5.32. The Labute approximate surface area is 118 Å². The van der Waals surface area contributed by atoms with Crippen molar-refractivity contribution in [2.24, 2.45) is 5.73 Å². The average Bonchev–Trinajstić information content (AvgIpc) is 2.48. The van der Waals surface area contributed by atoms with E-state index in [1.807, 2.05) is 24.3 Å². The molecule has 0 aliphatic carbocycles. The third kappa shape index (κ3) is 3.27. The molecule has 0 aliphatic rings. The lowest BCUT2D eigenvalue weighted by Gasteiger charge is -2.15. The van der Waals surface area contributed by atoms with Crippen LogP contribution in [0.3, 0.4) is 0 Å². The monoisotopic (exact) mass is 275 g/mol. The highest BCUT2D eigenvalue weighted by Gasteiger charge is 2.11. The molecule has 0 bridgehead atoms. The summed E-state index contributed by atoms with van der Waals surface area (Å²) in [6, 6.07) is 12.2. The first-order valence-corrected chi connectivity index (χ1v) is 6.39. The van der Waals surface area contributed by atoms with Gasteiger partial charge in [0, 0.05) is 0 Å². The zero-order chi connectivity index (χ0) is 14.5. The second kappa shape index (κ2) is 6.39. The first kappa shape index (κ1) is 14.3. The molecule has 0 saturated heterocycles. The van der Waals surface area contributed by atoms with Crippen LogP contribution in [-0.4, -0.2) is 13.7 Å². The van der Waals surface area contributed by atoms with Gasteiger partial charge in [-0.05, 0) is 36.2 Å². The topological polar surface area (TPSA) is 44.5 Å². The fourth-order valence-corrected chi connectivity index (χ4v) is 1.88. The summed E-state index contributed by atoms with van der Waals surface area (Å²) in [5, 5.41) is 0. The molecule has 0 saturated carbocycles. The molecule has 4 heteroatoms. The van der Waals surface area contributed by atoms with E-state index in [1.165, 1.54) is 0 Å². The van der Waals surface area contributed by atoms with Crippen molar-refractivity contribution in [3.05, 3.63) is 59.4 Å². The Hall–Kier alpha value is -2.07. The summed E-state index contributed by atoms with van der Waals surface area (Å²) in [6.07, 6.45) is 0. The molecule has 2 rings (SSSR count). The van der Waals surface area contributed by atoms with Crippen LogP contribution in [0.2, 0.25) is 0 Å². The third-order valence-electron chi connectivity index (χ3n) is 3.10. The number of rotatable bonds is 5. The van der Waals surface area contributed by atoms with Crippen molar-refractivity contribution >= 4 is 0 Å². The van der Waals surface area contributed by atoms with E-state index in [9.17, 15) is 4.39 Å².